The summed E-state index contributed by atoms with van der Waals surface area (Å²) >= 11 is 0. The number of nitriles is 1. The molecule has 0 radical (unpaired) electrons. The minimum atomic E-state index is -3.89. The molecule has 0 saturated carbocycles. The third kappa shape index (κ3) is 4.76. The fourth-order valence-electron chi connectivity index (χ4n) is 1.44. The largest absolute Gasteiger partial charge is 0.325 e. The average molecular weight is 219 g/mol. The van der Waals surface area contributed by atoms with Gasteiger partial charge in [0.2, 0.25) is 0 Å². The molecule has 0 aliphatic heterocycles. The van der Waals surface area contributed by atoms with Crippen LogP contribution in [0, 0.1) is 16.7 Å². The smallest absolute Gasteiger partial charge is 0.324 e. The second-order valence-corrected chi connectivity index (χ2v) is 5.37. The predicted octanol–water partition coefficient (Wildman–Crippen LogP) is 2.27. The lowest BCUT2D eigenvalue weighted by Gasteiger charge is -2.22. The first-order valence-electron chi connectivity index (χ1n) is 4.85. The van der Waals surface area contributed by atoms with Gasteiger partial charge in [-0.3, -0.25) is 4.57 Å². The Kier molecular flexibility index (Phi) is 5.36. The number of nitrogens with zero attached hydrogens (tertiary/aromatic N) is 1. The van der Waals surface area contributed by atoms with Gasteiger partial charge in [-0.25, -0.2) is 0 Å². The van der Waals surface area contributed by atoms with E-state index in [0.717, 1.165) is 12.8 Å². The van der Waals surface area contributed by atoms with E-state index < -0.39 is 13.0 Å². The molecule has 4 nitrogen and oxygen atoms in total. The fourth-order valence-corrected chi connectivity index (χ4v) is 2.01. The van der Waals surface area contributed by atoms with E-state index in [9.17, 15) is 4.57 Å². The molecular weight excluding hydrogens is 201 g/mol. The molecule has 0 aromatic rings. The number of rotatable bonds is 6. The van der Waals surface area contributed by atoms with Crippen LogP contribution >= 0.6 is 7.60 Å². The van der Waals surface area contributed by atoms with Crippen molar-refractivity contribution in [1.82, 2.24) is 0 Å². The van der Waals surface area contributed by atoms with Crippen LogP contribution in [0.5, 0.6) is 0 Å². The summed E-state index contributed by atoms with van der Waals surface area (Å²) in [5.74, 6) is 0. The van der Waals surface area contributed by atoms with Crippen LogP contribution < -0.4 is 0 Å². The van der Waals surface area contributed by atoms with E-state index in [1.165, 1.54) is 0 Å². The van der Waals surface area contributed by atoms with Crippen LogP contribution in [0.4, 0.5) is 0 Å². The molecule has 14 heavy (non-hydrogen) atoms. The Bertz CT molecular complexity index is 249. The highest BCUT2D eigenvalue weighted by atomic mass is 31.2. The summed E-state index contributed by atoms with van der Waals surface area (Å²) in [4.78, 5) is 17.3. The normalized spacial score (nSPS) is 12.5. The summed E-state index contributed by atoms with van der Waals surface area (Å²) in [5, 5.41) is 8.96. The van der Waals surface area contributed by atoms with Crippen molar-refractivity contribution in [2.45, 2.75) is 39.5 Å². The lowest BCUT2D eigenvalue weighted by atomic mass is 9.80. The van der Waals surface area contributed by atoms with E-state index in [1.807, 2.05) is 13.8 Å². The summed E-state index contributed by atoms with van der Waals surface area (Å²) in [5.41, 5.74) is -0.394. The zero-order valence-corrected chi connectivity index (χ0v) is 9.63. The summed E-state index contributed by atoms with van der Waals surface area (Å²) in [6.07, 6.45) is 2.35. The van der Waals surface area contributed by atoms with Gasteiger partial charge >= 0.3 is 7.60 Å². The quantitative estimate of drug-likeness (QED) is 0.671. The van der Waals surface area contributed by atoms with Gasteiger partial charge in [-0.15, -0.1) is 0 Å². The minimum absolute atomic E-state index is 0.115. The maximum absolute atomic E-state index is 10.6. The first kappa shape index (κ1) is 13.6. The zero-order chi connectivity index (χ0) is 11.2. The van der Waals surface area contributed by atoms with E-state index in [0.29, 0.717) is 12.8 Å². The van der Waals surface area contributed by atoms with Crippen LogP contribution in [0.3, 0.4) is 0 Å². The first-order chi connectivity index (χ1) is 6.39. The highest BCUT2D eigenvalue weighted by Crippen LogP contribution is 2.38. The van der Waals surface area contributed by atoms with Crippen molar-refractivity contribution >= 4 is 7.60 Å². The number of hydrogen-bond acceptors (Lipinski definition) is 2. The molecule has 0 aliphatic carbocycles. The molecule has 0 heterocycles. The third-order valence-electron chi connectivity index (χ3n) is 2.70. The molecule has 0 aromatic carbocycles. The van der Waals surface area contributed by atoms with E-state index in [1.54, 1.807) is 0 Å². The maximum Gasteiger partial charge on any atom is 0.325 e. The van der Waals surface area contributed by atoms with Gasteiger partial charge in [-0.2, -0.15) is 5.26 Å². The Balaban J connectivity index is 4.10. The van der Waals surface area contributed by atoms with Crippen LogP contribution in [0.25, 0.3) is 0 Å². The Morgan fingerprint density at radius 1 is 1.36 bits per heavy atom. The van der Waals surface area contributed by atoms with Crippen LogP contribution in [-0.4, -0.2) is 15.9 Å². The average Bonchev–Trinajstić information content (AvgIpc) is 2.11. The van der Waals surface area contributed by atoms with Gasteiger partial charge in [-0.05, 0) is 25.7 Å². The van der Waals surface area contributed by atoms with Crippen LogP contribution in [-0.2, 0) is 4.57 Å². The fraction of sp³-hybridized carbons (Fsp3) is 0.889. The summed E-state index contributed by atoms with van der Waals surface area (Å²) in [6.45, 7) is 3.87. The van der Waals surface area contributed by atoms with E-state index in [2.05, 4.69) is 6.07 Å². The van der Waals surface area contributed by atoms with Crippen molar-refractivity contribution in [3.8, 4) is 6.07 Å². The van der Waals surface area contributed by atoms with Gasteiger partial charge in [-0.1, -0.05) is 13.8 Å². The van der Waals surface area contributed by atoms with E-state index in [4.69, 9.17) is 15.0 Å². The van der Waals surface area contributed by atoms with Crippen molar-refractivity contribution in [3.63, 3.8) is 0 Å². The zero-order valence-electron chi connectivity index (χ0n) is 8.73. The monoisotopic (exact) mass is 219 g/mol. The predicted molar refractivity (Wildman–Crippen MR) is 54.8 cm³/mol. The molecule has 0 unspecified atom stereocenters. The van der Waals surface area contributed by atoms with Gasteiger partial charge < -0.3 is 9.79 Å². The molecule has 0 aliphatic rings. The number of hydrogen-bond donors (Lipinski definition) is 2. The van der Waals surface area contributed by atoms with Gasteiger partial charge in [0.15, 0.2) is 0 Å². The SMILES string of the molecule is CCC(C#N)(CC)CCCP(=O)(O)O. The molecular formula is C9H18NO3P. The Hall–Kier alpha value is -0.360. The second kappa shape index (κ2) is 5.50. The van der Waals surface area contributed by atoms with Crippen molar-refractivity contribution in [3.05, 3.63) is 0 Å². The first-order valence-corrected chi connectivity index (χ1v) is 6.64. The minimum Gasteiger partial charge on any atom is -0.324 e. The Labute approximate surface area is 85.1 Å². The van der Waals surface area contributed by atoms with Crippen LogP contribution in [0.1, 0.15) is 39.5 Å². The highest BCUT2D eigenvalue weighted by molar-refractivity contribution is 7.51. The summed E-state index contributed by atoms with van der Waals surface area (Å²) in [6, 6.07) is 2.25. The molecule has 0 bridgehead atoms. The van der Waals surface area contributed by atoms with Gasteiger partial charge in [0, 0.05) is 6.16 Å². The van der Waals surface area contributed by atoms with E-state index >= 15 is 0 Å². The third-order valence-corrected chi connectivity index (χ3v) is 3.59. The summed E-state index contributed by atoms with van der Waals surface area (Å²) < 4.78 is 10.6. The Morgan fingerprint density at radius 3 is 2.14 bits per heavy atom. The van der Waals surface area contributed by atoms with Gasteiger partial charge in [0.25, 0.3) is 0 Å². The second-order valence-electron chi connectivity index (χ2n) is 3.59. The molecule has 0 amide bonds. The van der Waals surface area contributed by atoms with Gasteiger partial charge in [0.1, 0.15) is 0 Å². The molecule has 0 saturated heterocycles. The lowest BCUT2D eigenvalue weighted by Crippen LogP contribution is -2.16. The maximum atomic E-state index is 10.6. The summed E-state index contributed by atoms with van der Waals surface area (Å²) in [7, 11) is -3.89. The molecule has 0 spiro atoms. The Morgan fingerprint density at radius 2 is 1.86 bits per heavy atom. The highest BCUT2D eigenvalue weighted by Gasteiger charge is 2.26. The van der Waals surface area contributed by atoms with Gasteiger partial charge in [0.05, 0.1) is 11.5 Å². The molecule has 2 N–H and O–H groups in total. The lowest BCUT2D eigenvalue weighted by molar-refractivity contribution is 0.324. The molecule has 0 fully saturated rings. The molecule has 0 rings (SSSR count). The van der Waals surface area contributed by atoms with Crippen LogP contribution in [0.2, 0.25) is 0 Å². The molecule has 0 aromatic heterocycles. The van der Waals surface area contributed by atoms with Crippen molar-refractivity contribution in [1.29, 1.82) is 5.26 Å². The van der Waals surface area contributed by atoms with Crippen LogP contribution in [0.15, 0.2) is 0 Å². The molecule has 0 atom stereocenters. The topological polar surface area (TPSA) is 81.3 Å². The van der Waals surface area contributed by atoms with Crippen molar-refractivity contribution in [2.75, 3.05) is 6.16 Å². The standard InChI is InChI=1S/C9H18NO3P/c1-3-9(4-2,8-10)6-5-7-14(11,12)13/h3-7H2,1-2H3,(H2,11,12,13). The molecule has 82 valence electrons. The van der Waals surface area contributed by atoms with Crippen molar-refractivity contribution in [2.24, 2.45) is 5.41 Å². The van der Waals surface area contributed by atoms with E-state index in [-0.39, 0.29) is 6.16 Å². The molecule has 5 heteroatoms. The van der Waals surface area contributed by atoms with Crippen molar-refractivity contribution < 1.29 is 14.4 Å².